The summed E-state index contributed by atoms with van der Waals surface area (Å²) in [5.41, 5.74) is 0.424. The fourth-order valence-electron chi connectivity index (χ4n) is 1.61. The monoisotopic (exact) mass is 250 g/mol. The minimum Gasteiger partial charge on any atom is -0.427 e. The van der Waals surface area contributed by atoms with Gasteiger partial charge in [0.2, 0.25) is 0 Å². The fourth-order valence-corrected chi connectivity index (χ4v) is 1.73. The molecule has 0 aliphatic heterocycles. The van der Waals surface area contributed by atoms with E-state index in [0.29, 0.717) is 29.2 Å². The van der Waals surface area contributed by atoms with Crippen molar-refractivity contribution in [1.29, 1.82) is 0 Å². The highest BCUT2D eigenvalue weighted by molar-refractivity contribution is 6.30. The van der Waals surface area contributed by atoms with E-state index in [4.69, 9.17) is 16.3 Å². The molecule has 0 radical (unpaired) electrons. The SMILES string of the molecule is O=C1C=C(OC(=O)c2ccc(Cl)cc2)CCC1. The summed E-state index contributed by atoms with van der Waals surface area (Å²) in [5, 5.41) is 0.564. The lowest BCUT2D eigenvalue weighted by atomic mass is 10.1. The molecule has 0 atom stereocenters. The fraction of sp³-hybridized carbons (Fsp3) is 0.231. The van der Waals surface area contributed by atoms with Gasteiger partial charge in [0.05, 0.1) is 5.56 Å². The van der Waals surface area contributed by atoms with Gasteiger partial charge in [-0.25, -0.2) is 4.79 Å². The van der Waals surface area contributed by atoms with Crippen molar-refractivity contribution in [2.24, 2.45) is 0 Å². The minimum atomic E-state index is -0.456. The zero-order chi connectivity index (χ0) is 12.3. The van der Waals surface area contributed by atoms with Gasteiger partial charge in [-0.1, -0.05) is 11.6 Å². The van der Waals surface area contributed by atoms with Crippen molar-refractivity contribution >= 4 is 23.4 Å². The number of ether oxygens (including phenoxy) is 1. The summed E-state index contributed by atoms with van der Waals surface area (Å²) in [7, 11) is 0. The van der Waals surface area contributed by atoms with E-state index in [-0.39, 0.29) is 5.78 Å². The molecule has 1 aromatic rings. The Bertz CT molecular complexity index is 474. The van der Waals surface area contributed by atoms with Crippen molar-refractivity contribution in [3.05, 3.63) is 46.7 Å². The van der Waals surface area contributed by atoms with Gasteiger partial charge >= 0.3 is 5.97 Å². The Labute approximate surface area is 104 Å². The smallest absolute Gasteiger partial charge is 0.343 e. The molecular weight excluding hydrogens is 240 g/mol. The van der Waals surface area contributed by atoms with Crippen LogP contribution in [0.25, 0.3) is 0 Å². The molecule has 0 amide bonds. The van der Waals surface area contributed by atoms with Gasteiger partial charge in [-0.05, 0) is 30.7 Å². The van der Waals surface area contributed by atoms with Crippen molar-refractivity contribution in [1.82, 2.24) is 0 Å². The first-order valence-corrected chi connectivity index (χ1v) is 5.74. The van der Waals surface area contributed by atoms with E-state index >= 15 is 0 Å². The molecule has 17 heavy (non-hydrogen) atoms. The van der Waals surface area contributed by atoms with E-state index < -0.39 is 5.97 Å². The Kier molecular flexibility index (Phi) is 3.59. The maximum Gasteiger partial charge on any atom is 0.343 e. The first-order valence-electron chi connectivity index (χ1n) is 5.36. The minimum absolute atomic E-state index is 0.00940. The zero-order valence-corrected chi connectivity index (χ0v) is 9.87. The maximum absolute atomic E-state index is 11.7. The third-order valence-corrected chi connectivity index (χ3v) is 2.72. The number of halogens is 1. The molecule has 1 aromatic carbocycles. The Morgan fingerprint density at radius 3 is 2.53 bits per heavy atom. The van der Waals surface area contributed by atoms with Gasteiger partial charge in [0.1, 0.15) is 5.76 Å². The Hall–Kier alpha value is -1.61. The second kappa shape index (κ2) is 5.15. The van der Waals surface area contributed by atoms with Crippen molar-refractivity contribution in [3.63, 3.8) is 0 Å². The van der Waals surface area contributed by atoms with Crippen LogP contribution in [0.15, 0.2) is 36.1 Å². The predicted molar refractivity (Wildman–Crippen MR) is 63.8 cm³/mol. The molecule has 4 heteroatoms. The molecule has 1 aliphatic rings. The number of carbonyl (C=O) groups is 2. The highest BCUT2D eigenvalue weighted by atomic mass is 35.5. The lowest BCUT2D eigenvalue weighted by Gasteiger charge is -2.12. The van der Waals surface area contributed by atoms with Gasteiger partial charge in [-0.15, -0.1) is 0 Å². The van der Waals surface area contributed by atoms with Crippen LogP contribution < -0.4 is 0 Å². The summed E-state index contributed by atoms with van der Waals surface area (Å²) >= 11 is 5.72. The summed E-state index contributed by atoms with van der Waals surface area (Å²) in [4.78, 5) is 22.9. The maximum atomic E-state index is 11.7. The topological polar surface area (TPSA) is 43.4 Å². The Morgan fingerprint density at radius 2 is 1.88 bits per heavy atom. The van der Waals surface area contributed by atoms with Gasteiger partial charge in [-0.3, -0.25) is 4.79 Å². The average molecular weight is 251 g/mol. The molecule has 3 nitrogen and oxygen atoms in total. The van der Waals surface area contributed by atoms with Gasteiger partial charge in [0.15, 0.2) is 5.78 Å². The summed E-state index contributed by atoms with van der Waals surface area (Å²) in [6.07, 6.45) is 3.29. The van der Waals surface area contributed by atoms with Crippen LogP contribution in [0.5, 0.6) is 0 Å². The molecule has 0 spiro atoms. The molecule has 0 N–H and O–H groups in total. The summed E-state index contributed by atoms with van der Waals surface area (Å²) in [6.45, 7) is 0. The molecule has 0 heterocycles. The molecule has 0 bridgehead atoms. The number of allylic oxidation sites excluding steroid dienone is 2. The molecule has 88 valence electrons. The van der Waals surface area contributed by atoms with Crippen LogP contribution in [0, 0.1) is 0 Å². The van der Waals surface area contributed by atoms with E-state index in [1.54, 1.807) is 24.3 Å². The first-order chi connectivity index (χ1) is 8.15. The van der Waals surface area contributed by atoms with Crippen LogP contribution in [0.4, 0.5) is 0 Å². The largest absolute Gasteiger partial charge is 0.427 e. The first kappa shape index (κ1) is 11.9. The molecule has 0 saturated heterocycles. The standard InChI is InChI=1S/C13H11ClO3/c14-10-6-4-9(5-7-10)13(16)17-12-3-1-2-11(15)8-12/h4-8H,1-3H2. The summed E-state index contributed by atoms with van der Waals surface area (Å²) in [6, 6.07) is 6.43. The molecule has 1 aliphatic carbocycles. The molecule has 0 fully saturated rings. The Balaban J connectivity index is 2.06. The van der Waals surface area contributed by atoms with E-state index in [1.165, 1.54) is 6.08 Å². The van der Waals surface area contributed by atoms with Crippen LogP contribution >= 0.6 is 11.6 Å². The van der Waals surface area contributed by atoms with E-state index in [1.807, 2.05) is 0 Å². The van der Waals surface area contributed by atoms with Gasteiger partial charge in [0.25, 0.3) is 0 Å². The van der Waals surface area contributed by atoms with Crippen LogP contribution in [-0.4, -0.2) is 11.8 Å². The highest BCUT2D eigenvalue weighted by Crippen LogP contribution is 2.18. The second-order valence-electron chi connectivity index (χ2n) is 3.83. The molecule has 0 saturated carbocycles. The zero-order valence-electron chi connectivity index (χ0n) is 9.11. The molecular formula is C13H11ClO3. The molecule has 0 unspecified atom stereocenters. The number of carbonyl (C=O) groups excluding carboxylic acids is 2. The third-order valence-electron chi connectivity index (χ3n) is 2.47. The van der Waals surface area contributed by atoms with Crippen LogP contribution in [0.2, 0.25) is 5.02 Å². The van der Waals surface area contributed by atoms with Crippen molar-refractivity contribution in [2.75, 3.05) is 0 Å². The van der Waals surface area contributed by atoms with Gasteiger partial charge in [0, 0.05) is 23.9 Å². The lowest BCUT2D eigenvalue weighted by Crippen LogP contribution is -2.10. The van der Waals surface area contributed by atoms with E-state index in [2.05, 4.69) is 0 Å². The number of esters is 1. The highest BCUT2D eigenvalue weighted by Gasteiger charge is 2.15. The quantitative estimate of drug-likeness (QED) is 0.758. The van der Waals surface area contributed by atoms with E-state index in [0.717, 1.165) is 6.42 Å². The molecule has 0 aromatic heterocycles. The summed E-state index contributed by atoms with van der Waals surface area (Å²) in [5.74, 6) is -0.000951. The van der Waals surface area contributed by atoms with Crippen molar-refractivity contribution in [2.45, 2.75) is 19.3 Å². The summed E-state index contributed by atoms with van der Waals surface area (Å²) < 4.78 is 5.15. The molecule has 2 rings (SSSR count). The number of rotatable bonds is 2. The van der Waals surface area contributed by atoms with Crippen molar-refractivity contribution in [3.8, 4) is 0 Å². The van der Waals surface area contributed by atoms with Gasteiger partial charge < -0.3 is 4.74 Å². The van der Waals surface area contributed by atoms with Crippen LogP contribution in [0.1, 0.15) is 29.6 Å². The van der Waals surface area contributed by atoms with Crippen LogP contribution in [-0.2, 0) is 9.53 Å². The third kappa shape index (κ3) is 3.17. The second-order valence-corrected chi connectivity index (χ2v) is 4.26. The number of hydrogen-bond donors (Lipinski definition) is 0. The van der Waals surface area contributed by atoms with Crippen molar-refractivity contribution < 1.29 is 14.3 Å². The number of benzene rings is 1. The predicted octanol–water partition coefficient (Wildman–Crippen LogP) is 3.13. The lowest BCUT2D eigenvalue weighted by molar-refractivity contribution is -0.115. The Morgan fingerprint density at radius 1 is 1.18 bits per heavy atom. The van der Waals surface area contributed by atoms with Gasteiger partial charge in [-0.2, -0.15) is 0 Å². The van der Waals surface area contributed by atoms with Crippen LogP contribution in [0.3, 0.4) is 0 Å². The normalized spacial score (nSPS) is 15.4. The number of ketones is 1. The average Bonchev–Trinajstić information content (AvgIpc) is 2.29. The van der Waals surface area contributed by atoms with E-state index in [9.17, 15) is 9.59 Å². The number of hydrogen-bond acceptors (Lipinski definition) is 3.